The van der Waals surface area contributed by atoms with E-state index < -0.39 is 0 Å². The van der Waals surface area contributed by atoms with Crippen LogP contribution in [0.15, 0.2) is 24.3 Å². The molecule has 0 heterocycles. The Labute approximate surface area is 94.0 Å². The zero-order chi connectivity index (χ0) is 10.4. The minimum atomic E-state index is 0.539. The lowest BCUT2D eigenvalue weighted by Gasteiger charge is -2.20. The van der Waals surface area contributed by atoms with E-state index in [-0.39, 0.29) is 0 Å². The van der Waals surface area contributed by atoms with Crippen molar-refractivity contribution in [3.8, 4) is 5.75 Å². The smallest absolute Gasteiger partial charge is 0.143 e. The van der Waals surface area contributed by atoms with Gasteiger partial charge in [0.25, 0.3) is 0 Å². The summed E-state index contributed by atoms with van der Waals surface area (Å²) in [5.41, 5.74) is 1.79. The van der Waals surface area contributed by atoms with Crippen molar-refractivity contribution in [1.29, 1.82) is 0 Å². The molecule has 3 heteroatoms. The largest absolute Gasteiger partial charge is 0.482 e. The number of halogens is 1. The molecule has 0 N–H and O–H groups in total. The fraction of sp³-hybridized carbons (Fsp3) is 0.455. The summed E-state index contributed by atoms with van der Waals surface area (Å²) in [6.45, 7) is 6.39. The van der Waals surface area contributed by atoms with Crippen LogP contribution in [-0.2, 0) is 0 Å². The molecule has 0 aliphatic rings. The third-order valence-corrected chi connectivity index (χ3v) is 2.42. The van der Waals surface area contributed by atoms with Crippen LogP contribution in [0.25, 0.3) is 0 Å². The van der Waals surface area contributed by atoms with Gasteiger partial charge in [0, 0.05) is 18.8 Å². The summed E-state index contributed by atoms with van der Waals surface area (Å²) in [6.07, 6.45) is 0. The van der Waals surface area contributed by atoms with E-state index in [4.69, 9.17) is 4.74 Å². The van der Waals surface area contributed by atoms with Gasteiger partial charge in [0.2, 0.25) is 0 Å². The quantitative estimate of drug-likeness (QED) is 0.751. The number of ether oxygens (including phenoxy) is 1. The molecule has 0 atom stereocenters. The van der Waals surface area contributed by atoms with Gasteiger partial charge in [0.15, 0.2) is 0 Å². The second-order valence-electron chi connectivity index (χ2n) is 2.92. The van der Waals surface area contributed by atoms with Crippen LogP contribution >= 0.6 is 15.9 Å². The van der Waals surface area contributed by atoms with Crippen LogP contribution in [0.2, 0.25) is 0 Å². The predicted molar refractivity (Wildman–Crippen MR) is 64.4 cm³/mol. The number of alkyl halides is 1. The second kappa shape index (κ2) is 5.91. The van der Waals surface area contributed by atoms with E-state index in [0.29, 0.717) is 5.52 Å². The number of anilines is 1. The van der Waals surface area contributed by atoms with Crippen molar-refractivity contribution < 1.29 is 4.74 Å². The Morgan fingerprint density at radius 3 is 2.14 bits per heavy atom. The molecular formula is C11H16BrNO. The number of nitrogens with zero attached hydrogens (tertiary/aromatic N) is 1. The van der Waals surface area contributed by atoms with Crippen LogP contribution in [0.3, 0.4) is 0 Å². The first-order chi connectivity index (χ1) is 6.81. The van der Waals surface area contributed by atoms with Gasteiger partial charge in [0.05, 0.1) is 0 Å². The van der Waals surface area contributed by atoms with Gasteiger partial charge in [-0.25, -0.2) is 0 Å². The van der Waals surface area contributed by atoms with Crippen molar-refractivity contribution in [3.05, 3.63) is 24.3 Å². The third kappa shape index (κ3) is 2.91. The molecule has 0 amide bonds. The molecule has 0 unspecified atom stereocenters. The van der Waals surface area contributed by atoms with Crippen molar-refractivity contribution in [2.45, 2.75) is 13.8 Å². The number of hydrogen-bond acceptors (Lipinski definition) is 2. The molecule has 1 aromatic rings. The molecule has 0 aromatic heterocycles. The summed E-state index contributed by atoms with van der Waals surface area (Å²) >= 11 is 3.23. The molecule has 0 bridgehead atoms. The predicted octanol–water partition coefficient (Wildman–Crippen LogP) is 3.26. The molecule has 1 rings (SSSR count). The highest BCUT2D eigenvalue weighted by atomic mass is 79.9. The topological polar surface area (TPSA) is 12.5 Å². The van der Waals surface area contributed by atoms with Gasteiger partial charge in [-0.05, 0) is 54.0 Å². The average Bonchev–Trinajstić information content (AvgIpc) is 2.23. The van der Waals surface area contributed by atoms with Gasteiger partial charge in [-0.3, -0.25) is 0 Å². The van der Waals surface area contributed by atoms with Gasteiger partial charge < -0.3 is 9.64 Å². The maximum absolute atomic E-state index is 5.31. The third-order valence-electron chi connectivity index (χ3n) is 2.19. The Balaban J connectivity index is 2.71. The van der Waals surface area contributed by atoms with Crippen LogP contribution in [0.1, 0.15) is 13.8 Å². The average molecular weight is 258 g/mol. The van der Waals surface area contributed by atoms with Crippen LogP contribution in [0, 0.1) is 0 Å². The van der Waals surface area contributed by atoms with E-state index in [1.807, 2.05) is 12.1 Å². The lowest BCUT2D eigenvalue weighted by atomic mass is 10.2. The van der Waals surface area contributed by atoms with Crippen molar-refractivity contribution in [2.75, 3.05) is 23.5 Å². The van der Waals surface area contributed by atoms with E-state index in [1.54, 1.807) is 0 Å². The van der Waals surface area contributed by atoms with Crippen molar-refractivity contribution in [1.82, 2.24) is 0 Å². The highest BCUT2D eigenvalue weighted by molar-refractivity contribution is 9.09. The first kappa shape index (κ1) is 11.4. The van der Waals surface area contributed by atoms with E-state index in [1.165, 1.54) is 5.69 Å². The van der Waals surface area contributed by atoms with Crippen molar-refractivity contribution >= 4 is 21.6 Å². The first-order valence-corrected chi connectivity index (χ1v) is 5.97. The molecule has 0 saturated carbocycles. The summed E-state index contributed by atoms with van der Waals surface area (Å²) in [5.74, 6) is 0.901. The first-order valence-electron chi connectivity index (χ1n) is 4.85. The summed E-state index contributed by atoms with van der Waals surface area (Å²) in [6, 6.07) is 8.17. The van der Waals surface area contributed by atoms with Gasteiger partial charge in [-0.15, -0.1) is 0 Å². The molecule has 0 spiro atoms. The van der Waals surface area contributed by atoms with E-state index in [9.17, 15) is 0 Å². The Kier molecular flexibility index (Phi) is 4.80. The zero-order valence-corrected chi connectivity index (χ0v) is 10.3. The number of rotatable bonds is 5. The van der Waals surface area contributed by atoms with Gasteiger partial charge in [0.1, 0.15) is 11.3 Å². The van der Waals surface area contributed by atoms with E-state index in [0.717, 1.165) is 18.8 Å². The normalized spacial score (nSPS) is 9.93. The molecule has 0 radical (unpaired) electrons. The minimum absolute atomic E-state index is 0.539. The highest BCUT2D eigenvalue weighted by Gasteiger charge is 2.00. The monoisotopic (exact) mass is 257 g/mol. The van der Waals surface area contributed by atoms with Crippen LogP contribution < -0.4 is 9.64 Å². The number of hydrogen-bond donors (Lipinski definition) is 0. The summed E-state index contributed by atoms with van der Waals surface area (Å²) in [7, 11) is 0. The SMILES string of the molecule is CCN(CC)c1ccc(OCBr)cc1. The van der Waals surface area contributed by atoms with Crippen molar-refractivity contribution in [3.63, 3.8) is 0 Å². The molecule has 0 aliphatic heterocycles. The fourth-order valence-corrected chi connectivity index (χ4v) is 1.67. The molecule has 0 aliphatic carbocycles. The minimum Gasteiger partial charge on any atom is -0.482 e. The Morgan fingerprint density at radius 1 is 1.14 bits per heavy atom. The Morgan fingerprint density at radius 2 is 1.71 bits per heavy atom. The molecule has 0 saturated heterocycles. The second-order valence-corrected chi connectivity index (χ2v) is 3.38. The standard InChI is InChI=1S/C11H16BrNO/c1-3-13(4-2)10-5-7-11(8-6-10)14-9-12/h5-8H,3-4,9H2,1-2H3. The summed E-state index contributed by atoms with van der Waals surface area (Å²) in [4.78, 5) is 2.30. The molecule has 14 heavy (non-hydrogen) atoms. The van der Waals surface area contributed by atoms with Gasteiger partial charge in [-0.1, -0.05) is 0 Å². The van der Waals surface area contributed by atoms with Gasteiger partial charge in [-0.2, -0.15) is 0 Å². The Bertz CT molecular complexity index is 256. The fourth-order valence-electron chi connectivity index (χ4n) is 1.40. The highest BCUT2D eigenvalue weighted by Crippen LogP contribution is 2.19. The lowest BCUT2D eigenvalue weighted by molar-refractivity contribution is 0.398. The summed E-state index contributed by atoms with van der Waals surface area (Å²) in [5, 5.41) is 0. The molecular weight excluding hydrogens is 242 g/mol. The van der Waals surface area contributed by atoms with E-state index >= 15 is 0 Å². The van der Waals surface area contributed by atoms with Gasteiger partial charge >= 0.3 is 0 Å². The van der Waals surface area contributed by atoms with Crippen LogP contribution in [-0.4, -0.2) is 18.6 Å². The maximum atomic E-state index is 5.31. The lowest BCUT2D eigenvalue weighted by Crippen LogP contribution is -2.21. The number of benzene rings is 1. The zero-order valence-electron chi connectivity index (χ0n) is 8.66. The van der Waals surface area contributed by atoms with Crippen LogP contribution in [0.5, 0.6) is 5.75 Å². The maximum Gasteiger partial charge on any atom is 0.143 e. The molecule has 0 fully saturated rings. The molecule has 1 aromatic carbocycles. The summed E-state index contributed by atoms with van der Waals surface area (Å²) < 4.78 is 5.31. The van der Waals surface area contributed by atoms with Crippen molar-refractivity contribution in [2.24, 2.45) is 0 Å². The molecule has 78 valence electrons. The van der Waals surface area contributed by atoms with E-state index in [2.05, 4.69) is 46.8 Å². The Hall–Kier alpha value is -0.700. The van der Waals surface area contributed by atoms with Crippen LogP contribution in [0.4, 0.5) is 5.69 Å². The molecule has 2 nitrogen and oxygen atoms in total.